The zero-order valence-corrected chi connectivity index (χ0v) is 17.0. The fourth-order valence-corrected chi connectivity index (χ4v) is 3.48. The molecule has 2 aromatic rings. The summed E-state index contributed by atoms with van der Waals surface area (Å²) in [4.78, 5) is 12.4. The van der Waals surface area contributed by atoms with Crippen molar-refractivity contribution in [1.82, 2.24) is 20.4 Å². The molecule has 3 rings (SSSR count). The van der Waals surface area contributed by atoms with Gasteiger partial charge in [-0.05, 0) is 57.9 Å². The lowest BCUT2D eigenvalue weighted by Crippen LogP contribution is -2.46. The van der Waals surface area contributed by atoms with Crippen molar-refractivity contribution in [2.24, 2.45) is 0 Å². The molecule has 0 bridgehead atoms. The molecule has 1 atom stereocenters. The van der Waals surface area contributed by atoms with Crippen LogP contribution >= 0.6 is 24.0 Å². The number of hydrogen-bond donors (Lipinski definition) is 2. The summed E-state index contributed by atoms with van der Waals surface area (Å²) in [6.45, 7) is 7.81. The smallest absolute Gasteiger partial charge is 0.224 e. The van der Waals surface area contributed by atoms with Gasteiger partial charge in [-0.2, -0.15) is 5.10 Å². The average molecular weight is 397 g/mol. The maximum atomic E-state index is 12.4. The number of nitrogens with one attached hydrogen (secondary N) is 2. The van der Waals surface area contributed by atoms with Gasteiger partial charge in [0.1, 0.15) is 0 Å². The molecular weight excluding hydrogens is 371 g/mol. The molecule has 0 unspecified atom stereocenters. The third-order valence-corrected chi connectivity index (χ3v) is 5.25. The minimum atomic E-state index is 0. The van der Waals surface area contributed by atoms with Gasteiger partial charge in [0.2, 0.25) is 5.91 Å². The molecular formula is C19H26Cl2N4O. The third-order valence-electron chi connectivity index (χ3n) is 4.84. The van der Waals surface area contributed by atoms with Crippen LogP contribution < -0.4 is 10.6 Å². The van der Waals surface area contributed by atoms with Crippen molar-refractivity contribution in [2.45, 2.75) is 46.1 Å². The van der Waals surface area contributed by atoms with E-state index in [-0.39, 0.29) is 24.4 Å². The summed E-state index contributed by atoms with van der Waals surface area (Å²) in [7, 11) is 0. The molecule has 5 nitrogen and oxygen atoms in total. The number of rotatable bonds is 4. The van der Waals surface area contributed by atoms with Crippen LogP contribution in [-0.4, -0.2) is 34.8 Å². The van der Waals surface area contributed by atoms with Crippen molar-refractivity contribution < 1.29 is 4.79 Å². The van der Waals surface area contributed by atoms with Crippen LogP contribution in [0.15, 0.2) is 18.2 Å². The number of carbonyl (C=O) groups is 1. The second-order valence-corrected chi connectivity index (χ2v) is 7.19. The first-order valence-electron chi connectivity index (χ1n) is 8.77. The van der Waals surface area contributed by atoms with Gasteiger partial charge in [-0.15, -0.1) is 12.4 Å². The van der Waals surface area contributed by atoms with Crippen molar-refractivity contribution in [1.29, 1.82) is 0 Å². The van der Waals surface area contributed by atoms with Crippen LogP contribution in [0.5, 0.6) is 0 Å². The Balaban J connectivity index is 0.00000243. The van der Waals surface area contributed by atoms with Crippen molar-refractivity contribution in [2.75, 3.05) is 13.1 Å². The summed E-state index contributed by atoms with van der Waals surface area (Å²) >= 11 is 6.24. The van der Waals surface area contributed by atoms with E-state index < -0.39 is 0 Å². The minimum Gasteiger partial charge on any atom is -0.352 e. The second-order valence-electron chi connectivity index (χ2n) is 6.78. The Hall–Kier alpha value is -1.56. The summed E-state index contributed by atoms with van der Waals surface area (Å²) in [6.07, 6.45) is 2.50. The highest BCUT2D eigenvalue weighted by Crippen LogP contribution is 2.23. The third kappa shape index (κ3) is 4.58. The zero-order valence-electron chi connectivity index (χ0n) is 15.4. The highest BCUT2D eigenvalue weighted by Gasteiger charge is 2.19. The molecule has 2 N–H and O–H groups in total. The maximum Gasteiger partial charge on any atom is 0.224 e. The number of piperidine rings is 1. The Morgan fingerprint density at radius 3 is 2.81 bits per heavy atom. The average Bonchev–Trinajstić information content (AvgIpc) is 2.86. The van der Waals surface area contributed by atoms with Gasteiger partial charge in [-0.25, -0.2) is 4.68 Å². The standard InChI is InChI=1S/C19H25ClN4O.ClH/c1-12-6-7-16(9-18(12)20)24-14(3)17(13(2)23-24)10-19(25)22-15-5-4-8-21-11-15;/h6-7,9,15,21H,4-5,8,10-11H2,1-3H3,(H,22,25);1H/t15-;/m0./s1. The van der Waals surface area contributed by atoms with Gasteiger partial charge < -0.3 is 10.6 Å². The molecule has 1 aromatic heterocycles. The number of benzene rings is 1. The Bertz CT molecular complexity index is 782. The minimum absolute atomic E-state index is 0. The molecule has 0 spiro atoms. The number of hydrogen-bond acceptors (Lipinski definition) is 3. The highest BCUT2D eigenvalue weighted by molar-refractivity contribution is 6.31. The van der Waals surface area contributed by atoms with E-state index in [1.54, 1.807) is 0 Å². The summed E-state index contributed by atoms with van der Waals surface area (Å²) in [5.41, 5.74) is 4.80. The van der Waals surface area contributed by atoms with E-state index >= 15 is 0 Å². The van der Waals surface area contributed by atoms with Gasteiger partial charge in [0.15, 0.2) is 0 Å². The summed E-state index contributed by atoms with van der Waals surface area (Å²) < 4.78 is 1.87. The van der Waals surface area contributed by atoms with Gasteiger partial charge >= 0.3 is 0 Å². The van der Waals surface area contributed by atoms with Gasteiger partial charge in [0.25, 0.3) is 0 Å². The summed E-state index contributed by atoms with van der Waals surface area (Å²) in [6, 6.07) is 6.12. The predicted molar refractivity (Wildman–Crippen MR) is 108 cm³/mol. The van der Waals surface area contributed by atoms with Crippen LogP contribution in [-0.2, 0) is 11.2 Å². The second kappa shape index (κ2) is 8.89. The predicted octanol–water partition coefficient (Wildman–Crippen LogP) is 3.28. The van der Waals surface area contributed by atoms with Gasteiger partial charge in [-0.3, -0.25) is 4.79 Å². The van der Waals surface area contributed by atoms with Crippen LogP contribution in [0.3, 0.4) is 0 Å². The van der Waals surface area contributed by atoms with Crippen LogP contribution in [0.1, 0.15) is 35.4 Å². The number of carbonyl (C=O) groups excluding carboxylic acids is 1. The van der Waals surface area contributed by atoms with Gasteiger partial charge in [-0.1, -0.05) is 17.7 Å². The Morgan fingerprint density at radius 2 is 2.15 bits per heavy atom. The van der Waals surface area contributed by atoms with Gasteiger partial charge in [0, 0.05) is 28.9 Å². The molecule has 26 heavy (non-hydrogen) atoms. The van der Waals surface area contributed by atoms with Crippen LogP contribution in [0.4, 0.5) is 0 Å². The normalized spacial score (nSPS) is 16.8. The molecule has 1 fully saturated rings. The van der Waals surface area contributed by atoms with E-state index in [1.165, 1.54) is 0 Å². The largest absolute Gasteiger partial charge is 0.352 e. The summed E-state index contributed by atoms with van der Waals surface area (Å²) in [5, 5.41) is 11.8. The van der Waals surface area contributed by atoms with Crippen LogP contribution in [0.25, 0.3) is 5.69 Å². The van der Waals surface area contributed by atoms with Crippen molar-refractivity contribution >= 4 is 29.9 Å². The Kier molecular flexibility index (Phi) is 7.09. The van der Waals surface area contributed by atoms with E-state index in [9.17, 15) is 4.79 Å². The van der Waals surface area contributed by atoms with Crippen molar-refractivity contribution in [3.8, 4) is 5.69 Å². The number of amides is 1. The molecule has 0 aliphatic carbocycles. The zero-order chi connectivity index (χ0) is 18.0. The molecule has 1 aliphatic heterocycles. The Labute approximate surface area is 165 Å². The highest BCUT2D eigenvalue weighted by atomic mass is 35.5. The molecule has 0 radical (unpaired) electrons. The van der Waals surface area contributed by atoms with E-state index in [4.69, 9.17) is 11.6 Å². The van der Waals surface area contributed by atoms with Crippen LogP contribution in [0.2, 0.25) is 5.02 Å². The van der Waals surface area contributed by atoms with E-state index in [0.29, 0.717) is 11.4 Å². The number of aryl methyl sites for hydroxylation is 2. The molecule has 142 valence electrons. The maximum absolute atomic E-state index is 12.4. The SMILES string of the molecule is Cc1ccc(-n2nc(C)c(CC(=O)N[C@H]3CCCNC3)c2C)cc1Cl.Cl. The molecule has 1 saturated heterocycles. The molecule has 0 saturated carbocycles. The number of halogens is 2. The molecule has 2 heterocycles. The first-order valence-corrected chi connectivity index (χ1v) is 9.15. The molecule has 7 heteroatoms. The van der Waals surface area contributed by atoms with E-state index in [0.717, 1.165) is 54.1 Å². The summed E-state index contributed by atoms with van der Waals surface area (Å²) in [5.74, 6) is 0.0568. The van der Waals surface area contributed by atoms with Crippen LogP contribution in [0, 0.1) is 20.8 Å². The lowest BCUT2D eigenvalue weighted by molar-refractivity contribution is -0.121. The lowest BCUT2D eigenvalue weighted by atomic mass is 10.1. The van der Waals surface area contributed by atoms with Gasteiger partial charge in [0.05, 0.1) is 17.8 Å². The molecule has 1 aromatic carbocycles. The lowest BCUT2D eigenvalue weighted by Gasteiger charge is -2.23. The first-order chi connectivity index (χ1) is 12.0. The van der Waals surface area contributed by atoms with Crippen molar-refractivity contribution in [3.05, 3.63) is 45.7 Å². The fourth-order valence-electron chi connectivity index (χ4n) is 3.31. The first kappa shape index (κ1) is 20.7. The molecule has 1 amide bonds. The number of nitrogens with zero attached hydrogens (tertiary/aromatic N) is 2. The quantitative estimate of drug-likeness (QED) is 0.833. The fraction of sp³-hybridized carbons (Fsp3) is 0.474. The van der Waals surface area contributed by atoms with E-state index in [2.05, 4.69) is 15.7 Å². The Morgan fingerprint density at radius 1 is 1.38 bits per heavy atom. The monoisotopic (exact) mass is 396 g/mol. The van der Waals surface area contributed by atoms with E-state index in [1.807, 2.05) is 43.7 Å². The topological polar surface area (TPSA) is 59.0 Å². The number of aromatic nitrogens is 2. The molecule has 1 aliphatic rings. The van der Waals surface area contributed by atoms with Crippen molar-refractivity contribution in [3.63, 3.8) is 0 Å².